The second-order valence-electron chi connectivity index (χ2n) is 8.79. The first-order valence-corrected chi connectivity index (χ1v) is 11.0. The van der Waals surface area contributed by atoms with Crippen LogP contribution in [-0.2, 0) is 5.41 Å². The van der Waals surface area contributed by atoms with Gasteiger partial charge in [-0.05, 0) is 68.4 Å². The Bertz CT molecular complexity index is 849. The van der Waals surface area contributed by atoms with Crippen molar-refractivity contribution in [3.8, 4) is 11.5 Å². The molecule has 2 aromatic rings. The largest absolute Gasteiger partial charge is 0.497 e. The van der Waals surface area contributed by atoms with Gasteiger partial charge in [0.25, 0.3) is 5.91 Å². The number of carbonyl (C=O) groups is 1. The Morgan fingerprint density at radius 3 is 2.14 bits per heavy atom. The summed E-state index contributed by atoms with van der Waals surface area (Å²) in [4.78, 5) is 17.6. The van der Waals surface area contributed by atoms with E-state index in [-0.39, 0.29) is 11.3 Å². The van der Waals surface area contributed by atoms with Crippen molar-refractivity contribution in [2.24, 2.45) is 17.8 Å². The molecule has 1 aromatic heterocycles. The molecule has 0 spiro atoms. The highest BCUT2D eigenvalue weighted by Crippen LogP contribution is 2.60. The van der Waals surface area contributed by atoms with Gasteiger partial charge in [0.1, 0.15) is 11.5 Å². The van der Waals surface area contributed by atoms with Gasteiger partial charge in [-0.2, -0.15) is 0 Å². The average Bonchev–Trinajstić information content (AvgIpc) is 3.16. The summed E-state index contributed by atoms with van der Waals surface area (Å²) in [7, 11) is 3.16. The molecule has 4 aliphatic carbocycles. The van der Waals surface area contributed by atoms with E-state index in [1.807, 2.05) is 0 Å². The summed E-state index contributed by atoms with van der Waals surface area (Å²) in [5, 5.41) is 5.82. The van der Waals surface area contributed by atoms with Crippen molar-refractivity contribution in [3.63, 3.8) is 0 Å². The number of benzene rings is 1. The summed E-state index contributed by atoms with van der Waals surface area (Å²) in [5.41, 5.74) is 1.96. The van der Waals surface area contributed by atoms with E-state index in [2.05, 4.69) is 10.7 Å². The van der Waals surface area contributed by atoms with Crippen molar-refractivity contribution in [3.05, 3.63) is 34.8 Å². The van der Waals surface area contributed by atoms with Gasteiger partial charge < -0.3 is 9.47 Å². The van der Waals surface area contributed by atoms with Crippen molar-refractivity contribution < 1.29 is 14.3 Å². The number of thiazole rings is 1. The number of carbonyl (C=O) groups excluding carboxylic acids is 1. The lowest BCUT2D eigenvalue weighted by Gasteiger charge is -2.56. The first-order chi connectivity index (χ1) is 13.6. The lowest BCUT2D eigenvalue weighted by Crippen LogP contribution is -2.48. The molecule has 1 amide bonds. The summed E-state index contributed by atoms with van der Waals surface area (Å²) < 4.78 is 10.5. The maximum atomic E-state index is 12.8. The van der Waals surface area contributed by atoms with Crippen LogP contribution in [0.5, 0.6) is 11.5 Å². The van der Waals surface area contributed by atoms with E-state index in [4.69, 9.17) is 14.5 Å². The molecular formula is C22H26N2O3S. The molecule has 1 N–H and O–H groups in total. The van der Waals surface area contributed by atoms with Gasteiger partial charge in [0.05, 0.1) is 19.9 Å². The zero-order valence-corrected chi connectivity index (χ0v) is 17.2. The Labute approximate surface area is 169 Å². The van der Waals surface area contributed by atoms with Crippen LogP contribution in [0.2, 0.25) is 0 Å². The quantitative estimate of drug-likeness (QED) is 0.780. The smallest absolute Gasteiger partial charge is 0.257 e. The first-order valence-electron chi connectivity index (χ1n) is 10.1. The molecule has 28 heavy (non-hydrogen) atoms. The number of nitrogens with one attached hydrogen (secondary N) is 1. The minimum Gasteiger partial charge on any atom is -0.497 e. The van der Waals surface area contributed by atoms with Crippen LogP contribution in [-0.4, -0.2) is 25.1 Å². The van der Waals surface area contributed by atoms with Gasteiger partial charge >= 0.3 is 0 Å². The Morgan fingerprint density at radius 1 is 1.04 bits per heavy atom. The van der Waals surface area contributed by atoms with Crippen LogP contribution in [0.25, 0.3) is 0 Å². The summed E-state index contributed by atoms with van der Waals surface area (Å²) >= 11 is 1.54. The Morgan fingerprint density at radius 2 is 1.61 bits per heavy atom. The van der Waals surface area contributed by atoms with Gasteiger partial charge in [0, 0.05) is 22.4 Å². The Kier molecular flexibility index (Phi) is 4.34. The number of methoxy groups -OCH3 is 2. The zero-order valence-electron chi connectivity index (χ0n) is 16.4. The zero-order chi connectivity index (χ0) is 19.3. The van der Waals surface area contributed by atoms with Gasteiger partial charge in [0.2, 0.25) is 0 Å². The van der Waals surface area contributed by atoms with Gasteiger partial charge in [0.15, 0.2) is 5.13 Å². The topological polar surface area (TPSA) is 60.5 Å². The standard InChI is InChI=1S/C22H26N2O3S/c1-26-17-6-16(7-18(8-17)27-2)20(25)24-21-23-19(12-28-21)22-9-13-3-14(10-22)5-15(4-13)11-22/h6-8,12-15H,3-5,9-11H2,1-2H3,(H,23,24,25). The molecule has 0 saturated heterocycles. The normalized spacial score (nSPS) is 30.3. The van der Waals surface area contributed by atoms with E-state index in [0.717, 1.165) is 17.8 Å². The molecule has 0 aliphatic heterocycles. The van der Waals surface area contributed by atoms with Gasteiger partial charge in [-0.1, -0.05) is 0 Å². The highest BCUT2D eigenvalue weighted by molar-refractivity contribution is 7.14. The highest BCUT2D eigenvalue weighted by Gasteiger charge is 2.52. The van der Waals surface area contributed by atoms with Crippen LogP contribution in [0.15, 0.2) is 23.6 Å². The number of rotatable bonds is 5. The van der Waals surface area contributed by atoms with Crippen LogP contribution in [0.3, 0.4) is 0 Å². The molecular weight excluding hydrogens is 372 g/mol. The summed E-state index contributed by atoms with van der Waals surface area (Å²) in [5.74, 6) is 3.65. The van der Waals surface area contributed by atoms with Crippen molar-refractivity contribution in [2.45, 2.75) is 43.9 Å². The van der Waals surface area contributed by atoms with Crippen molar-refractivity contribution >= 4 is 22.4 Å². The van der Waals surface area contributed by atoms with E-state index >= 15 is 0 Å². The minimum absolute atomic E-state index is 0.191. The lowest BCUT2D eigenvalue weighted by atomic mass is 9.49. The van der Waals surface area contributed by atoms with E-state index in [0.29, 0.717) is 22.2 Å². The van der Waals surface area contributed by atoms with E-state index in [9.17, 15) is 4.79 Å². The molecule has 5 nitrogen and oxygen atoms in total. The van der Waals surface area contributed by atoms with Crippen LogP contribution in [0.1, 0.15) is 54.6 Å². The number of hydrogen-bond acceptors (Lipinski definition) is 5. The molecule has 0 radical (unpaired) electrons. The molecule has 148 valence electrons. The molecule has 4 fully saturated rings. The monoisotopic (exact) mass is 398 g/mol. The Hall–Kier alpha value is -2.08. The average molecular weight is 399 g/mol. The van der Waals surface area contributed by atoms with Crippen LogP contribution in [0, 0.1) is 17.8 Å². The fourth-order valence-corrected chi connectivity index (χ4v) is 6.94. The summed E-state index contributed by atoms with van der Waals surface area (Å²) in [6.45, 7) is 0. The molecule has 6 heteroatoms. The predicted molar refractivity (Wildman–Crippen MR) is 109 cm³/mol. The molecule has 0 atom stereocenters. The number of anilines is 1. The fourth-order valence-electron chi connectivity index (χ4n) is 6.11. The third-order valence-corrected chi connectivity index (χ3v) is 7.68. The van der Waals surface area contributed by atoms with Crippen LogP contribution in [0.4, 0.5) is 5.13 Å². The molecule has 4 aliphatic rings. The highest BCUT2D eigenvalue weighted by atomic mass is 32.1. The van der Waals surface area contributed by atoms with Crippen molar-refractivity contribution in [2.75, 3.05) is 19.5 Å². The lowest BCUT2D eigenvalue weighted by molar-refractivity contribution is -0.00688. The molecule has 1 aromatic carbocycles. The van der Waals surface area contributed by atoms with E-state index in [1.54, 1.807) is 32.4 Å². The third kappa shape index (κ3) is 3.08. The second kappa shape index (κ2) is 6.76. The maximum absolute atomic E-state index is 12.8. The third-order valence-electron chi connectivity index (χ3n) is 6.92. The second-order valence-corrected chi connectivity index (χ2v) is 9.65. The molecule has 0 unspecified atom stereocenters. The molecule has 6 rings (SSSR count). The number of amides is 1. The summed E-state index contributed by atoms with van der Waals surface area (Å²) in [6.07, 6.45) is 8.11. The minimum atomic E-state index is -0.191. The van der Waals surface area contributed by atoms with Crippen LogP contribution < -0.4 is 14.8 Å². The molecule has 1 heterocycles. The Balaban J connectivity index is 1.35. The van der Waals surface area contributed by atoms with Gasteiger partial charge in [-0.25, -0.2) is 4.98 Å². The van der Waals surface area contributed by atoms with Crippen molar-refractivity contribution in [1.82, 2.24) is 4.98 Å². The number of hydrogen-bond donors (Lipinski definition) is 1. The van der Waals surface area contributed by atoms with Gasteiger partial charge in [-0.3, -0.25) is 10.1 Å². The fraction of sp³-hybridized carbons (Fsp3) is 0.545. The molecule has 4 bridgehead atoms. The van der Waals surface area contributed by atoms with E-state index < -0.39 is 0 Å². The first kappa shape index (κ1) is 18.0. The SMILES string of the molecule is COc1cc(OC)cc(C(=O)Nc2nc(C34CC5CC(CC(C5)C3)C4)cs2)c1. The number of aromatic nitrogens is 1. The van der Waals surface area contributed by atoms with E-state index in [1.165, 1.54) is 55.6 Å². The molecule has 4 saturated carbocycles. The van der Waals surface area contributed by atoms with Gasteiger partial charge in [-0.15, -0.1) is 11.3 Å². The number of nitrogens with zero attached hydrogens (tertiary/aromatic N) is 1. The predicted octanol–water partition coefficient (Wildman–Crippen LogP) is 4.88. The summed E-state index contributed by atoms with van der Waals surface area (Å²) in [6, 6.07) is 5.18. The number of ether oxygens (including phenoxy) is 2. The van der Waals surface area contributed by atoms with Crippen molar-refractivity contribution in [1.29, 1.82) is 0 Å². The maximum Gasteiger partial charge on any atom is 0.257 e. The van der Waals surface area contributed by atoms with Crippen LogP contribution >= 0.6 is 11.3 Å².